The van der Waals surface area contributed by atoms with Crippen LogP contribution in [0.3, 0.4) is 0 Å². The molecule has 2 nitrogen and oxygen atoms in total. The van der Waals surface area contributed by atoms with Crippen molar-refractivity contribution in [3.8, 4) is 33.4 Å². The van der Waals surface area contributed by atoms with Gasteiger partial charge in [-0.15, -0.1) is 0 Å². The number of aryl methyl sites for hydroxylation is 2. The predicted octanol–water partition coefficient (Wildman–Crippen LogP) is 14.5. The smallest absolute Gasteiger partial charge is 0.142 e. The second kappa shape index (κ2) is 14.3. The third-order valence-electron chi connectivity index (χ3n) is 11.3. The van der Waals surface area contributed by atoms with Gasteiger partial charge in [0.2, 0.25) is 0 Å². The summed E-state index contributed by atoms with van der Waals surface area (Å²) in [6, 6.07) is 59.4. The van der Waals surface area contributed by atoms with Gasteiger partial charge < -0.3 is 9.32 Å². The lowest BCUT2D eigenvalue weighted by Crippen LogP contribution is -2.15. The molecule has 0 saturated heterocycles. The SMILES string of the molecule is C1=CC(N(c2ccc(-c3ccccc3)cc2)c2ccc(-c3cc(-c4cccc5c6c(oc45)CCCC6)c4ccccc4c3)cc2)=CCC=C1c1ccccc1. The molecule has 7 aromatic carbocycles. The van der Waals surface area contributed by atoms with Crippen LogP contribution < -0.4 is 4.90 Å². The van der Waals surface area contributed by atoms with E-state index >= 15 is 0 Å². The number of benzene rings is 7. The van der Waals surface area contributed by atoms with Crippen molar-refractivity contribution in [3.05, 3.63) is 211 Å². The molecule has 264 valence electrons. The highest BCUT2D eigenvalue weighted by molar-refractivity contribution is 6.06. The van der Waals surface area contributed by atoms with Crippen LogP contribution >= 0.6 is 0 Å². The molecular formula is C53H41NO. The van der Waals surface area contributed by atoms with Crippen molar-refractivity contribution in [2.24, 2.45) is 0 Å². The molecule has 2 aliphatic rings. The maximum Gasteiger partial charge on any atom is 0.142 e. The first kappa shape index (κ1) is 33.0. The fourth-order valence-electron chi connectivity index (χ4n) is 8.51. The first-order valence-corrected chi connectivity index (χ1v) is 19.5. The first-order chi connectivity index (χ1) is 27.3. The summed E-state index contributed by atoms with van der Waals surface area (Å²) in [6.07, 6.45) is 14.6. The lowest BCUT2D eigenvalue weighted by molar-refractivity contribution is 0.506. The van der Waals surface area contributed by atoms with Crippen LogP contribution in [0.5, 0.6) is 0 Å². The van der Waals surface area contributed by atoms with Crippen LogP contribution in [-0.2, 0) is 12.8 Å². The Bertz CT molecular complexity index is 2750. The van der Waals surface area contributed by atoms with Gasteiger partial charge in [0, 0.05) is 40.0 Å². The maximum absolute atomic E-state index is 6.67. The van der Waals surface area contributed by atoms with Crippen molar-refractivity contribution < 1.29 is 4.42 Å². The second-order valence-corrected chi connectivity index (χ2v) is 14.7. The number of rotatable bonds is 7. The lowest BCUT2D eigenvalue weighted by Gasteiger charge is -2.27. The Morgan fingerprint density at radius 2 is 1.09 bits per heavy atom. The van der Waals surface area contributed by atoms with E-state index in [0.29, 0.717) is 0 Å². The highest BCUT2D eigenvalue weighted by Gasteiger charge is 2.21. The predicted molar refractivity (Wildman–Crippen MR) is 232 cm³/mol. The molecule has 8 aromatic rings. The third kappa shape index (κ3) is 6.30. The molecule has 1 heterocycles. The van der Waals surface area contributed by atoms with E-state index in [0.717, 1.165) is 41.9 Å². The molecule has 0 radical (unpaired) electrons. The Labute approximate surface area is 323 Å². The van der Waals surface area contributed by atoms with Crippen molar-refractivity contribution in [1.29, 1.82) is 0 Å². The van der Waals surface area contributed by atoms with Crippen LogP contribution in [0.4, 0.5) is 11.4 Å². The van der Waals surface area contributed by atoms with E-state index in [4.69, 9.17) is 4.42 Å². The number of fused-ring (bicyclic) bond motifs is 4. The topological polar surface area (TPSA) is 16.4 Å². The zero-order valence-corrected chi connectivity index (χ0v) is 30.8. The summed E-state index contributed by atoms with van der Waals surface area (Å²) in [6.45, 7) is 0. The molecule has 0 amide bonds. The number of allylic oxidation sites excluding steroid dienone is 5. The van der Waals surface area contributed by atoms with E-state index in [1.807, 2.05) is 0 Å². The molecule has 0 spiro atoms. The average molecular weight is 708 g/mol. The number of nitrogens with zero attached hydrogens (tertiary/aromatic N) is 1. The van der Waals surface area contributed by atoms with E-state index in [-0.39, 0.29) is 0 Å². The van der Waals surface area contributed by atoms with Gasteiger partial charge in [-0.2, -0.15) is 0 Å². The summed E-state index contributed by atoms with van der Waals surface area (Å²) in [7, 11) is 0. The van der Waals surface area contributed by atoms with Crippen LogP contribution in [0.1, 0.15) is 36.1 Å². The van der Waals surface area contributed by atoms with Gasteiger partial charge in [0.1, 0.15) is 11.3 Å². The molecule has 0 fully saturated rings. The molecule has 0 N–H and O–H groups in total. The van der Waals surface area contributed by atoms with Crippen LogP contribution in [0, 0.1) is 0 Å². The molecule has 0 unspecified atom stereocenters. The summed E-state index contributed by atoms with van der Waals surface area (Å²) in [5.74, 6) is 1.18. The van der Waals surface area contributed by atoms with E-state index < -0.39 is 0 Å². The van der Waals surface area contributed by atoms with Gasteiger partial charge in [-0.05, 0) is 118 Å². The normalized spacial score (nSPS) is 14.0. The molecule has 0 bridgehead atoms. The molecule has 0 saturated carbocycles. The van der Waals surface area contributed by atoms with Crippen molar-refractivity contribution in [2.75, 3.05) is 4.90 Å². The second-order valence-electron chi connectivity index (χ2n) is 14.7. The van der Waals surface area contributed by atoms with Gasteiger partial charge in [-0.3, -0.25) is 0 Å². The van der Waals surface area contributed by atoms with Crippen LogP contribution in [-0.4, -0.2) is 0 Å². The summed E-state index contributed by atoms with van der Waals surface area (Å²) in [5, 5.41) is 3.74. The van der Waals surface area contributed by atoms with Crippen LogP contribution in [0.2, 0.25) is 0 Å². The Morgan fingerprint density at radius 3 is 1.85 bits per heavy atom. The standard InChI is InChI=1S/C53H41NO/c1-3-13-37(14-4-1)39-18-11-19-44(30-25-39)54(45-31-26-40(27-32-45)38-15-5-2-6-16-38)46-33-28-41(29-34-46)43-35-42-17-7-8-20-47(42)51(36-43)50-23-12-22-49-48-21-9-10-24-52(48)55-53(49)50/h1-8,12-20,22-23,25-36H,9-11,21,24H2. The molecule has 2 heteroatoms. The molecule has 2 aliphatic carbocycles. The Balaban J connectivity index is 1.04. The zero-order valence-electron chi connectivity index (χ0n) is 30.8. The quantitative estimate of drug-likeness (QED) is 0.164. The largest absolute Gasteiger partial charge is 0.460 e. The van der Waals surface area contributed by atoms with E-state index in [1.54, 1.807) is 0 Å². The van der Waals surface area contributed by atoms with Gasteiger partial charge >= 0.3 is 0 Å². The Morgan fingerprint density at radius 1 is 0.455 bits per heavy atom. The minimum Gasteiger partial charge on any atom is -0.460 e. The van der Waals surface area contributed by atoms with Crippen molar-refractivity contribution in [3.63, 3.8) is 0 Å². The van der Waals surface area contributed by atoms with Gasteiger partial charge in [0.25, 0.3) is 0 Å². The number of hydrogen-bond donors (Lipinski definition) is 0. The van der Waals surface area contributed by atoms with E-state index in [2.05, 4.69) is 193 Å². The fraction of sp³-hybridized carbons (Fsp3) is 0.0943. The van der Waals surface area contributed by atoms with Gasteiger partial charge in [0.05, 0.1) is 0 Å². The minimum absolute atomic E-state index is 0.842. The molecule has 0 atom stereocenters. The zero-order chi connectivity index (χ0) is 36.6. The maximum atomic E-state index is 6.67. The van der Waals surface area contributed by atoms with Gasteiger partial charge in [-0.1, -0.05) is 146 Å². The lowest BCUT2D eigenvalue weighted by atomic mass is 9.91. The molecular weight excluding hydrogens is 667 g/mol. The third-order valence-corrected chi connectivity index (χ3v) is 11.3. The van der Waals surface area contributed by atoms with E-state index in [1.165, 1.54) is 84.8 Å². The number of anilines is 2. The van der Waals surface area contributed by atoms with Crippen molar-refractivity contribution >= 4 is 38.7 Å². The first-order valence-electron chi connectivity index (χ1n) is 19.5. The molecule has 1 aromatic heterocycles. The van der Waals surface area contributed by atoms with E-state index in [9.17, 15) is 0 Å². The highest BCUT2D eigenvalue weighted by atomic mass is 16.3. The summed E-state index contributed by atoms with van der Waals surface area (Å²) in [4.78, 5) is 2.38. The van der Waals surface area contributed by atoms with Gasteiger partial charge in [0.15, 0.2) is 0 Å². The Hall–Kier alpha value is -6.64. The highest BCUT2D eigenvalue weighted by Crippen LogP contribution is 2.42. The van der Waals surface area contributed by atoms with Crippen molar-refractivity contribution in [1.82, 2.24) is 0 Å². The van der Waals surface area contributed by atoms with Gasteiger partial charge in [-0.25, -0.2) is 0 Å². The minimum atomic E-state index is 0.842. The molecule has 10 rings (SSSR count). The number of hydrogen-bond acceptors (Lipinski definition) is 2. The monoisotopic (exact) mass is 707 g/mol. The van der Waals surface area contributed by atoms with Crippen LogP contribution in [0.25, 0.3) is 60.7 Å². The fourth-order valence-corrected chi connectivity index (χ4v) is 8.51. The number of para-hydroxylation sites is 1. The van der Waals surface area contributed by atoms with Crippen LogP contribution in [0.15, 0.2) is 198 Å². The molecule has 55 heavy (non-hydrogen) atoms. The van der Waals surface area contributed by atoms with Crippen molar-refractivity contribution in [2.45, 2.75) is 32.1 Å². The Kier molecular flexibility index (Phi) is 8.57. The molecule has 0 aliphatic heterocycles. The summed E-state index contributed by atoms with van der Waals surface area (Å²) >= 11 is 0. The number of furan rings is 1. The summed E-state index contributed by atoms with van der Waals surface area (Å²) < 4.78 is 6.67. The average Bonchev–Trinajstić information content (AvgIpc) is 3.47. The summed E-state index contributed by atoms with van der Waals surface area (Å²) in [5.41, 5.74) is 15.4.